The second-order valence-electron chi connectivity index (χ2n) is 5.92. The summed E-state index contributed by atoms with van der Waals surface area (Å²) in [6.45, 7) is 3.01. The lowest BCUT2D eigenvalue weighted by molar-refractivity contribution is 0.0951. The Labute approximate surface area is 121 Å². The van der Waals surface area contributed by atoms with Gasteiger partial charge in [-0.1, -0.05) is 6.42 Å². The molecule has 0 spiro atoms. The van der Waals surface area contributed by atoms with Gasteiger partial charge < -0.3 is 4.74 Å². The molecule has 20 heavy (non-hydrogen) atoms. The van der Waals surface area contributed by atoms with Gasteiger partial charge in [-0.05, 0) is 62.4 Å². The number of hydrogen-bond donors (Lipinski definition) is 0. The van der Waals surface area contributed by atoms with Gasteiger partial charge in [0.2, 0.25) is 0 Å². The van der Waals surface area contributed by atoms with Gasteiger partial charge in [-0.2, -0.15) is 5.26 Å². The highest BCUT2D eigenvalue weighted by atomic mass is 16.5. The smallest absolute Gasteiger partial charge is 0.119 e. The first kappa shape index (κ1) is 13.5. The third-order valence-electron chi connectivity index (χ3n) is 4.74. The standard InChI is InChI=1S/C17H22N2O/c18-13-14-6-8-16(9-7-14)20-12-11-19-10-2-4-15-3-1-5-17(15)19/h6-9,15,17H,1-5,10-12H2. The SMILES string of the molecule is N#Cc1ccc(OCCN2CCCC3CCCC32)cc1. The van der Waals surface area contributed by atoms with E-state index >= 15 is 0 Å². The van der Waals surface area contributed by atoms with Crippen molar-refractivity contribution in [3.63, 3.8) is 0 Å². The molecule has 2 fully saturated rings. The zero-order chi connectivity index (χ0) is 13.8. The number of nitriles is 1. The maximum atomic E-state index is 8.76. The van der Waals surface area contributed by atoms with Crippen LogP contribution in [0.1, 0.15) is 37.7 Å². The van der Waals surface area contributed by atoms with Crippen LogP contribution in [0.25, 0.3) is 0 Å². The van der Waals surface area contributed by atoms with Crippen LogP contribution in [0.2, 0.25) is 0 Å². The Morgan fingerprint density at radius 1 is 1.15 bits per heavy atom. The fourth-order valence-electron chi connectivity index (χ4n) is 3.74. The molecule has 3 heteroatoms. The van der Waals surface area contributed by atoms with Crippen LogP contribution in [0, 0.1) is 17.2 Å². The molecule has 2 atom stereocenters. The van der Waals surface area contributed by atoms with Gasteiger partial charge >= 0.3 is 0 Å². The number of rotatable bonds is 4. The van der Waals surface area contributed by atoms with Crippen molar-refractivity contribution in [3.8, 4) is 11.8 Å². The van der Waals surface area contributed by atoms with Gasteiger partial charge in [-0.15, -0.1) is 0 Å². The number of ether oxygens (including phenoxy) is 1. The second kappa shape index (κ2) is 6.28. The van der Waals surface area contributed by atoms with Crippen molar-refractivity contribution in [1.29, 1.82) is 5.26 Å². The third-order valence-corrected chi connectivity index (χ3v) is 4.74. The van der Waals surface area contributed by atoms with Gasteiger partial charge in [0.15, 0.2) is 0 Å². The molecule has 3 nitrogen and oxygen atoms in total. The van der Waals surface area contributed by atoms with Crippen molar-refractivity contribution >= 4 is 0 Å². The minimum absolute atomic E-state index is 0.683. The number of nitrogens with zero attached hydrogens (tertiary/aromatic N) is 2. The number of fused-ring (bicyclic) bond motifs is 1. The highest BCUT2D eigenvalue weighted by Gasteiger charge is 2.34. The highest BCUT2D eigenvalue weighted by molar-refractivity contribution is 5.34. The van der Waals surface area contributed by atoms with E-state index in [1.54, 1.807) is 0 Å². The summed E-state index contributed by atoms with van der Waals surface area (Å²) in [5.41, 5.74) is 0.683. The molecule has 2 aliphatic rings. The van der Waals surface area contributed by atoms with Crippen molar-refractivity contribution < 1.29 is 4.74 Å². The van der Waals surface area contributed by atoms with Gasteiger partial charge in [0.25, 0.3) is 0 Å². The van der Waals surface area contributed by atoms with E-state index in [0.717, 1.165) is 30.9 Å². The molecular formula is C17H22N2O. The lowest BCUT2D eigenvalue weighted by atomic mass is 9.92. The fraction of sp³-hybridized carbons (Fsp3) is 0.588. The summed E-state index contributed by atoms with van der Waals surface area (Å²) < 4.78 is 5.81. The highest BCUT2D eigenvalue weighted by Crippen LogP contribution is 2.36. The van der Waals surface area contributed by atoms with Gasteiger partial charge in [0.05, 0.1) is 11.6 Å². The molecule has 1 aromatic rings. The molecule has 1 aliphatic heterocycles. The van der Waals surface area contributed by atoms with Crippen LogP contribution in [0.3, 0.4) is 0 Å². The van der Waals surface area contributed by atoms with Crippen LogP contribution < -0.4 is 4.74 Å². The van der Waals surface area contributed by atoms with E-state index in [1.165, 1.54) is 38.6 Å². The number of likely N-dealkylation sites (tertiary alicyclic amines) is 1. The normalized spacial score (nSPS) is 25.9. The molecular weight excluding hydrogens is 248 g/mol. The molecule has 1 saturated carbocycles. The first-order valence-electron chi connectivity index (χ1n) is 7.74. The lowest BCUT2D eigenvalue weighted by Crippen LogP contribution is -2.44. The van der Waals surface area contributed by atoms with Crippen LogP contribution in [0.4, 0.5) is 0 Å². The van der Waals surface area contributed by atoms with E-state index in [9.17, 15) is 0 Å². The Morgan fingerprint density at radius 2 is 1.95 bits per heavy atom. The van der Waals surface area contributed by atoms with E-state index in [2.05, 4.69) is 11.0 Å². The summed E-state index contributed by atoms with van der Waals surface area (Å²) >= 11 is 0. The molecule has 3 rings (SSSR count). The average Bonchev–Trinajstić information content (AvgIpc) is 2.97. The number of hydrogen-bond acceptors (Lipinski definition) is 3. The van der Waals surface area contributed by atoms with Crippen molar-refractivity contribution in [2.24, 2.45) is 5.92 Å². The van der Waals surface area contributed by atoms with Crippen molar-refractivity contribution in [2.75, 3.05) is 19.7 Å². The molecule has 0 bridgehead atoms. The summed E-state index contributed by atoms with van der Waals surface area (Å²) in [7, 11) is 0. The molecule has 2 unspecified atom stereocenters. The van der Waals surface area contributed by atoms with Crippen molar-refractivity contribution in [2.45, 2.75) is 38.1 Å². The molecule has 1 saturated heterocycles. The summed E-state index contributed by atoms with van der Waals surface area (Å²) in [5, 5.41) is 8.76. The van der Waals surface area contributed by atoms with Crippen LogP contribution in [0.15, 0.2) is 24.3 Å². The third kappa shape index (κ3) is 2.96. The summed E-state index contributed by atoms with van der Waals surface area (Å²) in [6.07, 6.45) is 6.98. The topological polar surface area (TPSA) is 36.3 Å². The van der Waals surface area contributed by atoms with E-state index in [0.29, 0.717) is 5.56 Å². The van der Waals surface area contributed by atoms with Gasteiger partial charge in [0, 0.05) is 12.6 Å². The summed E-state index contributed by atoms with van der Waals surface area (Å²) in [4.78, 5) is 2.63. The van der Waals surface area contributed by atoms with E-state index in [-0.39, 0.29) is 0 Å². The van der Waals surface area contributed by atoms with E-state index < -0.39 is 0 Å². The monoisotopic (exact) mass is 270 g/mol. The number of benzene rings is 1. The molecule has 1 aromatic carbocycles. The van der Waals surface area contributed by atoms with Crippen LogP contribution in [0.5, 0.6) is 5.75 Å². The molecule has 1 heterocycles. The maximum Gasteiger partial charge on any atom is 0.119 e. The van der Waals surface area contributed by atoms with Crippen molar-refractivity contribution in [3.05, 3.63) is 29.8 Å². The fourth-order valence-corrected chi connectivity index (χ4v) is 3.74. The minimum atomic E-state index is 0.683. The van der Waals surface area contributed by atoms with Gasteiger partial charge in [-0.3, -0.25) is 4.90 Å². The predicted octanol–water partition coefficient (Wildman–Crippen LogP) is 3.20. The molecule has 0 aromatic heterocycles. The van der Waals surface area contributed by atoms with E-state index in [4.69, 9.17) is 10.00 Å². The molecule has 0 amide bonds. The van der Waals surface area contributed by atoms with Gasteiger partial charge in [0.1, 0.15) is 12.4 Å². The first-order chi connectivity index (χ1) is 9.86. The van der Waals surface area contributed by atoms with Crippen LogP contribution in [-0.2, 0) is 0 Å². The molecule has 106 valence electrons. The van der Waals surface area contributed by atoms with Gasteiger partial charge in [-0.25, -0.2) is 0 Å². The van der Waals surface area contributed by atoms with E-state index in [1.807, 2.05) is 24.3 Å². The largest absolute Gasteiger partial charge is 0.492 e. The first-order valence-corrected chi connectivity index (χ1v) is 7.74. The average molecular weight is 270 g/mol. The minimum Gasteiger partial charge on any atom is -0.492 e. The summed E-state index contributed by atoms with van der Waals surface area (Å²) in [5.74, 6) is 1.81. The Balaban J connectivity index is 1.48. The summed E-state index contributed by atoms with van der Waals surface area (Å²) in [6, 6.07) is 10.3. The van der Waals surface area contributed by atoms with Crippen molar-refractivity contribution in [1.82, 2.24) is 4.90 Å². The second-order valence-corrected chi connectivity index (χ2v) is 5.92. The predicted molar refractivity (Wildman–Crippen MR) is 78.6 cm³/mol. The zero-order valence-corrected chi connectivity index (χ0v) is 11.9. The molecule has 0 N–H and O–H groups in total. The number of piperidine rings is 1. The quantitative estimate of drug-likeness (QED) is 0.843. The Morgan fingerprint density at radius 3 is 2.75 bits per heavy atom. The zero-order valence-electron chi connectivity index (χ0n) is 11.9. The molecule has 0 radical (unpaired) electrons. The van der Waals surface area contributed by atoms with Crippen LogP contribution in [-0.4, -0.2) is 30.6 Å². The maximum absolute atomic E-state index is 8.76. The van der Waals surface area contributed by atoms with Crippen LogP contribution >= 0.6 is 0 Å². The Bertz CT molecular complexity index is 477. The molecule has 1 aliphatic carbocycles. The Kier molecular flexibility index (Phi) is 4.22. The lowest BCUT2D eigenvalue weighted by Gasteiger charge is -2.37. The Hall–Kier alpha value is -1.53.